The first-order chi connectivity index (χ1) is 9.74. The van der Waals surface area contributed by atoms with Crippen molar-refractivity contribution in [3.63, 3.8) is 0 Å². The summed E-state index contributed by atoms with van der Waals surface area (Å²) >= 11 is 3.43. The first-order valence-corrected chi connectivity index (χ1v) is 7.35. The molecule has 0 unspecified atom stereocenters. The molecule has 1 aliphatic rings. The minimum absolute atomic E-state index is 0.000229. The molecule has 104 valence electrons. The maximum atomic E-state index is 12.3. The van der Waals surface area contributed by atoms with Crippen LogP contribution in [-0.4, -0.2) is 46.8 Å². The summed E-state index contributed by atoms with van der Waals surface area (Å²) in [6.45, 7) is 3.17. The lowest BCUT2D eigenvalue weighted by molar-refractivity contribution is 0.0729. The number of hydrogen-bond donors (Lipinski definition) is 1. The first kappa shape index (κ1) is 13.3. The van der Waals surface area contributed by atoms with Gasteiger partial charge in [-0.15, -0.1) is 0 Å². The SMILES string of the molecule is O=C(c1ccn(-c2cccc(Br)c2)n1)N1CCNCC1. The second-order valence-corrected chi connectivity index (χ2v) is 5.58. The molecule has 1 saturated heterocycles. The molecule has 0 saturated carbocycles. The molecule has 1 aromatic carbocycles. The lowest BCUT2D eigenvalue weighted by Gasteiger charge is -2.26. The van der Waals surface area contributed by atoms with Crippen LogP contribution in [0.1, 0.15) is 10.5 Å². The maximum absolute atomic E-state index is 12.3. The molecular weight excluding hydrogens is 320 g/mol. The maximum Gasteiger partial charge on any atom is 0.274 e. The summed E-state index contributed by atoms with van der Waals surface area (Å²) in [4.78, 5) is 14.2. The van der Waals surface area contributed by atoms with E-state index in [1.807, 2.05) is 35.4 Å². The number of rotatable bonds is 2. The van der Waals surface area contributed by atoms with Crippen LogP contribution in [0, 0.1) is 0 Å². The van der Waals surface area contributed by atoms with Gasteiger partial charge in [-0.3, -0.25) is 4.79 Å². The van der Waals surface area contributed by atoms with Gasteiger partial charge in [0.1, 0.15) is 0 Å². The smallest absolute Gasteiger partial charge is 0.274 e. The average molecular weight is 335 g/mol. The van der Waals surface area contributed by atoms with Crippen LogP contribution in [0.25, 0.3) is 5.69 Å². The summed E-state index contributed by atoms with van der Waals surface area (Å²) in [7, 11) is 0. The Labute approximate surface area is 125 Å². The summed E-state index contributed by atoms with van der Waals surface area (Å²) in [5, 5.41) is 7.61. The minimum Gasteiger partial charge on any atom is -0.335 e. The van der Waals surface area contributed by atoms with Crippen molar-refractivity contribution in [2.75, 3.05) is 26.2 Å². The van der Waals surface area contributed by atoms with Crippen LogP contribution in [0.2, 0.25) is 0 Å². The molecule has 1 amide bonds. The summed E-state index contributed by atoms with van der Waals surface area (Å²) < 4.78 is 2.71. The quantitative estimate of drug-likeness (QED) is 0.909. The standard InChI is InChI=1S/C14H15BrN4O/c15-11-2-1-3-12(10-11)19-7-4-13(17-19)14(20)18-8-5-16-6-9-18/h1-4,7,10,16H,5-6,8-9H2. The molecule has 3 rings (SSSR count). The Morgan fingerprint density at radius 1 is 1.25 bits per heavy atom. The van der Waals surface area contributed by atoms with E-state index in [9.17, 15) is 4.79 Å². The third kappa shape index (κ3) is 2.76. The first-order valence-electron chi connectivity index (χ1n) is 6.56. The highest BCUT2D eigenvalue weighted by Gasteiger charge is 2.20. The number of piperazine rings is 1. The number of carbonyl (C=O) groups is 1. The van der Waals surface area contributed by atoms with Gasteiger partial charge in [-0.25, -0.2) is 4.68 Å². The van der Waals surface area contributed by atoms with E-state index in [1.54, 1.807) is 10.7 Å². The lowest BCUT2D eigenvalue weighted by Crippen LogP contribution is -2.46. The second kappa shape index (κ2) is 5.76. The molecule has 0 spiro atoms. The number of nitrogens with zero attached hydrogens (tertiary/aromatic N) is 3. The molecular formula is C14H15BrN4O. The highest BCUT2D eigenvalue weighted by Crippen LogP contribution is 2.15. The van der Waals surface area contributed by atoms with Crippen molar-refractivity contribution in [3.8, 4) is 5.69 Å². The zero-order valence-corrected chi connectivity index (χ0v) is 12.5. The van der Waals surface area contributed by atoms with Crippen LogP contribution in [0.4, 0.5) is 0 Å². The van der Waals surface area contributed by atoms with Crippen LogP contribution in [-0.2, 0) is 0 Å². The fourth-order valence-corrected chi connectivity index (χ4v) is 2.62. The second-order valence-electron chi connectivity index (χ2n) is 4.67. The normalized spacial score (nSPS) is 15.3. The van der Waals surface area contributed by atoms with Crippen molar-refractivity contribution in [2.45, 2.75) is 0 Å². The van der Waals surface area contributed by atoms with Gasteiger partial charge in [0.05, 0.1) is 5.69 Å². The predicted octanol–water partition coefficient (Wildman–Crippen LogP) is 1.68. The van der Waals surface area contributed by atoms with E-state index >= 15 is 0 Å². The fraction of sp³-hybridized carbons (Fsp3) is 0.286. The minimum atomic E-state index is 0.000229. The van der Waals surface area contributed by atoms with Crippen LogP contribution >= 0.6 is 15.9 Å². The van der Waals surface area contributed by atoms with E-state index in [4.69, 9.17) is 0 Å². The fourth-order valence-electron chi connectivity index (χ4n) is 2.23. The molecule has 20 heavy (non-hydrogen) atoms. The van der Waals surface area contributed by atoms with Crippen molar-refractivity contribution in [3.05, 3.63) is 46.7 Å². The van der Waals surface area contributed by atoms with Gasteiger partial charge in [-0.2, -0.15) is 5.10 Å². The van der Waals surface area contributed by atoms with Gasteiger partial charge in [0.15, 0.2) is 5.69 Å². The van der Waals surface area contributed by atoms with Gasteiger partial charge in [0.25, 0.3) is 5.91 Å². The predicted molar refractivity (Wildman–Crippen MR) is 80.0 cm³/mol. The van der Waals surface area contributed by atoms with Crippen LogP contribution < -0.4 is 5.32 Å². The molecule has 0 bridgehead atoms. The Kier molecular flexibility index (Phi) is 3.84. The number of nitrogens with one attached hydrogen (secondary N) is 1. The molecule has 0 aliphatic carbocycles. The molecule has 5 nitrogen and oxygen atoms in total. The Morgan fingerprint density at radius 3 is 2.80 bits per heavy atom. The molecule has 2 heterocycles. The van der Waals surface area contributed by atoms with Gasteiger partial charge in [-0.1, -0.05) is 22.0 Å². The van der Waals surface area contributed by atoms with Crippen LogP contribution in [0.5, 0.6) is 0 Å². The van der Waals surface area contributed by atoms with Crippen molar-refractivity contribution < 1.29 is 4.79 Å². The highest BCUT2D eigenvalue weighted by atomic mass is 79.9. The van der Waals surface area contributed by atoms with Gasteiger partial charge in [0, 0.05) is 36.8 Å². The Morgan fingerprint density at radius 2 is 2.05 bits per heavy atom. The van der Waals surface area contributed by atoms with E-state index in [-0.39, 0.29) is 5.91 Å². The molecule has 1 aliphatic heterocycles. The van der Waals surface area contributed by atoms with E-state index in [0.29, 0.717) is 5.69 Å². The van der Waals surface area contributed by atoms with E-state index < -0.39 is 0 Å². The molecule has 1 aromatic heterocycles. The highest BCUT2D eigenvalue weighted by molar-refractivity contribution is 9.10. The number of benzene rings is 1. The summed E-state index contributed by atoms with van der Waals surface area (Å²) in [6, 6.07) is 9.59. The van der Waals surface area contributed by atoms with Crippen molar-refractivity contribution in [1.82, 2.24) is 20.0 Å². The Balaban J connectivity index is 1.81. The average Bonchev–Trinajstić information content (AvgIpc) is 2.97. The van der Waals surface area contributed by atoms with Gasteiger partial charge in [-0.05, 0) is 24.3 Å². The summed E-state index contributed by atoms with van der Waals surface area (Å²) in [5.74, 6) is 0.000229. The van der Waals surface area contributed by atoms with Crippen molar-refractivity contribution in [2.24, 2.45) is 0 Å². The van der Waals surface area contributed by atoms with Gasteiger partial charge in [0.2, 0.25) is 0 Å². The number of aromatic nitrogens is 2. The van der Waals surface area contributed by atoms with Crippen molar-refractivity contribution in [1.29, 1.82) is 0 Å². The molecule has 1 fully saturated rings. The van der Waals surface area contributed by atoms with Crippen LogP contribution in [0.15, 0.2) is 41.0 Å². The number of amides is 1. The van der Waals surface area contributed by atoms with Crippen molar-refractivity contribution >= 4 is 21.8 Å². The van der Waals surface area contributed by atoms with E-state index in [1.165, 1.54) is 0 Å². The number of carbonyl (C=O) groups excluding carboxylic acids is 1. The lowest BCUT2D eigenvalue weighted by atomic mass is 10.3. The summed E-state index contributed by atoms with van der Waals surface area (Å²) in [6.07, 6.45) is 1.82. The monoisotopic (exact) mass is 334 g/mol. The molecule has 0 atom stereocenters. The zero-order valence-electron chi connectivity index (χ0n) is 10.9. The third-order valence-corrected chi connectivity index (χ3v) is 3.78. The van der Waals surface area contributed by atoms with Crippen LogP contribution in [0.3, 0.4) is 0 Å². The summed E-state index contributed by atoms with van der Waals surface area (Å²) in [5.41, 5.74) is 1.42. The number of hydrogen-bond acceptors (Lipinski definition) is 3. The third-order valence-electron chi connectivity index (χ3n) is 3.29. The number of halogens is 1. The largest absolute Gasteiger partial charge is 0.335 e. The van der Waals surface area contributed by atoms with Gasteiger partial charge < -0.3 is 10.2 Å². The molecule has 1 N–H and O–H groups in total. The van der Waals surface area contributed by atoms with E-state index in [0.717, 1.165) is 36.3 Å². The zero-order chi connectivity index (χ0) is 13.9. The molecule has 0 radical (unpaired) electrons. The topological polar surface area (TPSA) is 50.2 Å². The Bertz CT molecular complexity index is 619. The Hall–Kier alpha value is -1.66. The van der Waals surface area contributed by atoms with E-state index in [2.05, 4.69) is 26.3 Å². The molecule has 6 heteroatoms. The molecule has 2 aromatic rings. The van der Waals surface area contributed by atoms with Gasteiger partial charge >= 0.3 is 0 Å².